The zero-order chi connectivity index (χ0) is 8.97. The van der Waals surface area contributed by atoms with Gasteiger partial charge in [0.15, 0.2) is 0 Å². The average molecular weight is 165 g/mol. The predicted molar refractivity (Wildman–Crippen MR) is 48.3 cm³/mol. The first kappa shape index (κ1) is 8.94. The molecule has 0 radical (unpaired) electrons. The quantitative estimate of drug-likeness (QED) is 0.680. The molecular weight excluding hydrogens is 153 g/mol. The van der Waals surface area contributed by atoms with E-state index >= 15 is 0 Å². The molecule has 0 aliphatic heterocycles. The van der Waals surface area contributed by atoms with E-state index < -0.39 is 0 Å². The molecule has 0 amide bonds. The van der Waals surface area contributed by atoms with Crippen LogP contribution in [0, 0.1) is 5.82 Å². The SMILES string of the molecule is C=C[C@H](N)Cc1cccc(F)c1. The van der Waals surface area contributed by atoms with E-state index in [1.165, 1.54) is 12.1 Å². The standard InChI is InChI=1S/C10H12FN/c1-2-10(12)7-8-4-3-5-9(11)6-8/h2-6,10H,1,7,12H2/t10-/m0/s1. The summed E-state index contributed by atoms with van der Waals surface area (Å²) in [5, 5.41) is 0. The molecule has 0 heterocycles. The number of nitrogens with two attached hydrogens (primary N) is 1. The molecule has 1 nitrogen and oxygen atoms in total. The Hall–Kier alpha value is -1.15. The summed E-state index contributed by atoms with van der Waals surface area (Å²) in [4.78, 5) is 0. The molecule has 1 atom stereocenters. The topological polar surface area (TPSA) is 26.0 Å². The van der Waals surface area contributed by atoms with Gasteiger partial charge in [-0.3, -0.25) is 0 Å². The van der Waals surface area contributed by atoms with Gasteiger partial charge in [0.1, 0.15) is 5.82 Å². The van der Waals surface area contributed by atoms with Crippen molar-refractivity contribution in [2.75, 3.05) is 0 Å². The number of hydrogen-bond acceptors (Lipinski definition) is 1. The molecule has 2 N–H and O–H groups in total. The van der Waals surface area contributed by atoms with Crippen molar-refractivity contribution in [2.45, 2.75) is 12.5 Å². The lowest BCUT2D eigenvalue weighted by Crippen LogP contribution is -2.19. The summed E-state index contributed by atoms with van der Waals surface area (Å²) in [6.45, 7) is 3.56. The van der Waals surface area contributed by atoms with Crippen molar-refractivity contribution in [1.82, 2.24) is 0 Å². The fourth-order valence-electron chi connectivity index (χ4n) is 1.02. The molecule has 0 saturated heterocycles. The average Bonchev–Trinajstić information content (AvgIpc) is 2.04. The Kier molecular flexibility index (Phi) is 3.00. The lowest BCUT2D eigenvalue weighted by Gasteiger charge is -2.05. The van der Waals surface area contributed by atoms with Crippen LogP contribution in [0.5, 0.6) is 0 Å². The Balaban J connectivity index is 2.69. The molecule has 0 aliphatic carbocycles. The number of benzene rings is 1. The zero-order valence-electron chi connectivity index (χ0n) is 6.83. The highest BCUT2D eigenvalue weighted by Gasteiger charge is 1.99. The van der Waals surface area contributed by atoms with Gasteiger partial charge in [-0.05, 0) is 24.1 Å². The van der Waals surface area contributed by atoms with Crippen LogP contribution in [0.2, 0.25) is 0 Å². The molecule has 0 fully saturated rings. The third-order valence-electron chi connectivity index (χ3n) is 1.66. The maximum absolute atomic E-state index is 12.7. The molecule has 2 heteroatoms. The molecule has 0 aliphatic rings. The van der Waals surface area contributed by atoms with Gasteiger partial charge < -0.3 is 5.73 Å². The van der Waals surface area contributed by atoms with Gasteiger partial charge in [-0.25, -0.2) is 4.39 Å². The summed E-state index contributed by atoms with van der Waals surface area (Å²) >= 11 is 0. The molecule has 0 bridgehead atoms. The highest BCUT2D eigenvalue weighted by Crippen LogP contribution is 2.05. The molecule has 1 rings (SSSR count). The van der Waals surface area contributed by atoms with Crippen molar-refractivity contribution in [3.8, 4) is 0 Å². The molecule has 0 spiro atoms. The highest BCUT2D eigenvalue weighted by molar-refractivity contribution is 5.18. The van der Waals surface area contributed by atoms with Crippen LogP contribution in [0.15, 0.2) is 36.9 Å². The first-order chi connectivity index (χ1) is 5.72. The van der Waals surface area contributed by atoms with Crippen LogP contribution in [-0.2, 0) is 6.42 Å². The van der Waals surface area contributed by atoms with E-state index in [0.717, 1.165) is 5.56 Å². The van der Waals surface area contributed by atoms with Crippen molar-refractivity contribution in [3.05, 3.63) is 48.3 Å². The van der Waals surface area contributed by atoms with Crippen molar-refractivity contribution in [3.63, 3.8) is 0 Å². The molecule has 0 saturated carbocycles. The predicted octanol–water partition coefficient (Wildman–Crippen LogP) is 1.88. The van der Waals surface area contributed by atoms with Gasteiger partial charge in [0.25, 0.3) is 0 Å². The van der Waals surface area contributed by atoms with Gasteiger partial charge in [0, 0.05) is 6.04 Å². The number of rotatable bonds is 3. The minimum Gasteiger partial charge on any atom is -0.324 e. The van der Waals surface area contributed by atoms with Crippen molar-refractivity contribution >= 4 is 0 Å². The third-order valence-corrected chi connectivity index (χ3v) is 1.66. The first-order valence-corrected chi connectivity index (χ1v) is 3.85. The number of halogens is 1. The maximum atomic E-state index is 12.7. The third kappa shape index (κ3) is 2.47. The van der Waals surface area contributed by atoms with E-state index in [9.17, 15) is 4.39 Å². The summed E-state index contributed by atoms with van der Waals surface area (Å²) < 4.78 is 12.7. The molecule has 1 aromatic rings. The Labute approximate surface area is 71.7 Å². The monoisotopic (exact) mass is 165 g/mol. The molecule has 1 aromatic carbocycles. The summed E-state index contributed by atoms with van der Waals surface area (Å²) in [5.41, 5.74) is 6.52. The van der Waals surface area contributed by atoms with E-state index in [0.29, 0.717) is 6.42 Å². The van der Waals surface area contributed by atoms with E-state index in [2.05, 4.69) is 6.58 Å². The van der Waals surface area contributed by atoms with Gasteiger partial charge in [0.2, 0.25) is 0 Å². The van der Waals surface area contributed by atoms with E-state index in [-0.39, 0.29) is 11.9 Å². The number of hydrogen-bond donors (Lipinski definition) is 1. The van der Waals surface area contributed by atoms with Gasteiger partial charge in [-0.1, -0.05) is 18.2 Å². The fourth-order valence-corrected chi connectivity index (χ4v) is 1.02. The van der Waals surface area contributed by atoms with Gasteiger partial charge in [0.05, 0.1) is 0 Å². The van der Waals surface area contributed by atoms with Crippen LogP contribution < -0.4 is 5.73 Å². The van der Waals surface area contributed by atoms with Gasteiger partial charge >= 0.3 is 0 Å². The van der Waals surface area contributed by atoms with Crippen LogP contribution in [0.25, 0.3) is 0 Å². The summed E-state index contributed by atoms with van der Waals surface area (Å²) in [5.74, 6) is -0.219. The van der Waals surface area contributed by atoms with Gasteiger partial charge in [-0.15, -0.1) is 6.58 Å². The molecule has 64 valence electrons. The molecule has 0 unspecified atom stereocenters. The Morgan fingerprint density at radius 2 is 2.33 bits per heavy atom. The summed E-state index contributed by atoms with van der Waals surface area (Å²) in [6.07, 6.45) is 2.30. The van der Waals surface area contributed by atoms with Gasteiger partial charge in [-0.2, -0.15) is 0 Å². The van der Waals surface area contributed by atoms with E-state index in [4.69, 9.17) is 5.73 Å². The fraction of sp³-hybridized carbons (Fsp3) is 0.200. The molecule has 12 heavy (non-hydrogen) atoms. The minimum absolute atomic E-state index is 0.0909. The Bertz CT molecular complexity index is 270. The van der Waals surface area contributed by atoms with Crippen LogP contribution in [0.1, 0.15) is 5.56 Å². The van der Waals surface area contributed by atoms with Crippen LogP contribution in [0.4, 0.5) is 4.39 Å². The van der Waals surface area contributed by atoms with Crippen LogP contribution in [-0.4, -0.2) is 6.04 Å². The van der Waals surface area contributed by atoms with E-state index in [1.54, 1.807) is 12.1 Å². The normalized spacial score (nSPS) is 12.5. The van der Waals surface area contributed by atoms with E-state index in [1.807, 2.05) is 6.07 Å². The summed E-state index contributed by atoms with van der Waals surface area (Å²) in [7, 11) is 0. The summed E-state index contributed by atoms with van der Waals surface area (Å²) in [6, 6.07) is 6.35. The first-order valence-electron chi connectivity index (χ1n) is 3.85. The Morgan fingerprint density at radius 3 is 2.92 bits per heavy atom. The van der Waals surface area contributed by atoms with Crippen molar-refractivity contribution in [2.24, 2.45) is 5.73 Å². The van der Waals surface area contributed by atoms with Crippen LogP contribution >= 0.6 is 0 Å². The molecule has 0 aromatic heterocycles. The largest absolute Gasteiger partial charge is 0.324 e. The Morgan fingerprint density at radius 1 is 1.58 bits per heavy atom. The van der Waals surface area contributed by atoms with Crippen molar-refractivity contribution < 1.29 is 4.39 Å². The highest BCUT2D eigenvalue weighted by atomic mass is 19.1. The maximum Gasteiger partial charge on any atom is 0.123 e. The lowest BCUT2D eigenvalue weighted by atomic mass is 10.1. The smallest absolute Gasteiger partial charge is 0.123 e. The second kappa shape index (κ2) is 4.02. The molecular formula is C10H12FN. The second-order valence-corrected chi connectivity index (χ2v) is 2.73. The lowest BCUT2D eigenvalue weighted by molar-refractivity contribution is 0.624. The van der Waals surface area contributed by atoms with Crippen LogP contribution in [0.3, 0.4) is 0 Å². The minimum atomic E-state index is -0.219. The zero-order valence-corrected chi connectivity index (χ0v) is 6.83. The second-order valence-electron chi connectivity index (χ2n) is 2.73. The van der Waals surface area contributed by atoms with Crippen molar-refractivity contribution in [1.29, 1.82) is 0 Å².